The zero-order valence-electron chi connectivity index (χ0n) is 12.6. The fraction of sp³-hybridized carbons (Fsp3) is 0.250. The van der Waals surface area contributed by atoms with E-state index in [9.17, 15) is 17.2 Å². The van der Waals surface area contributed by atoms with Crippen LogP contribution in [-0.2, 0) is 10.0 Å². The van der Waals surface area contributed by atoms with Crippen molar-refractivity contribution in [2.45, 2.75) is 19.8 Å². The first-order valence-corrected chi connectivity index (χ1v) is 8.87. The van der Waals surface area contributed by atoms with E-state index in [-0.39, 0.29) is 5.75 Å². The monoisotopic (exact) mass is 340 g/mol. The minimum Gasteiger partial charge on any atom is -0.355 e. The number of anilines is 3. The van der Waals surface area contributed by atoms with Gasteiger partial charge < -0.3 is 5.32 Å². The molecule has 0 spiro atoms. The number of sulfonamides is 1. The van der Waals surface area contributed by atoms with Gasteiger partial charge in [-0.1, -0.05) is 13.3 Å². The lowest BCUT2D eigenvalue weighted by Gasteiger charge is -2.10. The molecule has 124 valence electrons. The maximum absolute atomic E-state index is 13.1. The molecule has 0 unspecified atom stereocenters. The number of hydrogen-bond acceptors (Lipinski definition) is 3. The molecule has 0 aliphatic heterocycles. The van der Waals surface area contributed by atoms with Gasteiger partial charge in [0.25, 0.3) is 0 Å². The van der Waals surface area contributed by atoms with Gasteiger partial charge in [-0.15, -0.1) is 0 Å². The van der Waals surface area contributed by atoms with E-state index in [0.717, 1.165) is 18.6 Å². The van der Waals surface area contributed by atoms with Gasteiger partial charge in [-0.3, -0.25) is 4.72 Å². The summed E-state index contributed by atoms with van der Waals surface area (Å²) in [5.41, 5.74) is 1.49. The summed E-state index contributed by atoms with van der Waals surface area (Å²) >= 11 is 0. The molecule has 0 heterocycles. The minimum absolute atomic E-state index is 0.0817. The van der Waals surface area contributed by atoms with E-state index in [1.54, 1.807) is 24.3 Å². The molecule has 2 aromatic rings. The smallest absolute Gasteiger partial charge is 0.232 e. The fourth-order valence-corrected chi connectivity index (χ4v) is 3.19. The van der Waals surface area contributed by atoms with E-state index in [4.69, 9.17) is 0 Å². The van der Waals surface area contributed by atoms with Crippen LogP contribution in [0.25, 0.3) is 0 Å². The highest BCUT2D eigenvalue weighted by Crippen LogP contribution is 2.21. The van der Waals surface area contributed by atoms with Crippen LogP contribution < -0.4 is 10.0 Å². The Labute approximate surface area is 134 Å². The van der Waals surface area contributed by atoms with E-state index >= 15 is 0 Å². The number of rotatable bonds is 7. The van der Waals surface area contributed by atoms with Crippen molar-refractivity contribution in [3.63, 3.8) is 0 Å². The van der Waals surface area contributed by atoms with Gasteiger partial charge >= 0.3 is 0 Å². The molecule has 23 heavy (non-hydrogen) atoms. The van der Waals surface area contributed by atoms with Crippen molar-refractivity contribution < 1.29 is 17.2 Å². The van der Waals surface area contributed by atoms with Crippen molar-refractivity contribution in [2.24, 2.45) is 0 Å². The summed E-state index contributed by atoms with van der Waals surface area (Å²) in [4.78, 5) is 0. The van der Waals surface area contributed by atoms with Gasteiger partial charge in [0.05, 0.1) is 5.75 Å². The first-order valence-electron chi connectivity index (χ1n) is 7.22. The van der Waals surface area contributed by atoms with E-state index in [1.165, 1.54) is 6.07 Å². The average Bonchev–Trinajstić information content (AvgIpc) is 2.51. The van der Waals surface area contributed by atoms with Crippen molar-refractivity contribution in [1.29, 1.82) is 0 Å². The lowest BCUT2D eigenvalue weighted by Crippen LogP contribution is -2.16. The third-order valence-corrected chi connectivity index (χ3v) is 4.51. The summed E-state index contributed by atoms with van der Waals surface area (Å²) in [6.07, 6.45) is 1.41. The molecule has 0 radical (unpaired) electrons. The Hall–Kier alpha value is -2.15. The highest BCUT2D eigenvalue weighted by molar-refractivity contribution is 7.92. The highest BCUT2D eigenvalue weighted by Gasteiger charge is 2.09. The number of nitrogens with one attached hydrogen (secondary N) is 2. The zero-order chi connectivity index (χ0) is 16.9. The Morgan fingerprint density at radius 3 is 2.13 bits per heavy atom. The number of benzene rings is 2. The molecule has 4 nitrogen and oxygen atoms in total. The molecule has 0 saturated carbocycles. The predicted molar refractivity (Wildman–Crippen MR) is 88.4 cm³/mol. The van der Waals surface area contributed by atoms with Crippen molar-refractivity contribution in [1.82, 2.24) is 0 Å². The summed E-state index contributed by atoms with van der Waals surface area (Å²) in [7, 11) is -3.34. The van der Waals surface area contributed by atoms with Gasteiger partial charge in [0.15, 0.2) is 11.6 Å². The Kier molecular flexibility index (Phi) is 5.54. The fourth-order valence-electron chi connectivity index (χ4n) is 1.93. The van der Waals surface area contributed by atoms with Crippen LogP contribution in [0.15, 0.2) is 42.5 Å². The second kappa shape index (κ2) is 7.41. The summed E-state index contributed by atoms with van der Waals surface area (Å²) in [5, 5.41) is 2.91. The first kappa shape index (κ1) is 17.2. The SMILES string of the molecule is CCCCS(=O)(=O)Nc1ccc(Nc2ccc(F)c(F)c2)cc1. The van der Waals surface area contributed by atoms with Gasteiger partial charge in [-0.25, -0.2) is 17.2 Å². The maximum Gasteiger partial charge on any atom is 0.232 e. The standard InChI is InChI=1S/C16H18F2N2O2S/c1-2-3-10-23(21,22)20-13-6-4-12(5-7-13)19-14-8-9-15(17)16(18)11-14/h4-9,11,19-20H,2-3,10H2,1H3. The zero-order valence-corrected chi connectivity index (χ0v) is 13.5. The summed E-state index contributed by atoms with van der Waals surface area (Å²) < 4.78 is 52.1. The molecule has 2 N–H and O–H groups in total. The molecule has 2 aromatic carbocycles. The highest BCUT2D eigenvalue weighted by atomic mass is 32.2. The Morgan fingerprint density at radius 2 is 1.52 bits per heavy atom. The minimum atomic E-state index is -3.34. The molecule has 0 aliphatic rings. The Bertz CT molecular complexity index is 762. The van der Waals surface area contributed by atoms with Crippen LogP contribution in [-0.4, -0.2) is 14.2 Å². The largest absolute Gasteiger partial charge is 0.355 e. The van der Waals surface area contributed by atoms with E-state index in [2.05, 4.69) is 10.0 Å². The van der Waals surface area contributed by atoms with Crippen LogP contribution in [0, 0.1) is 11.6 Å². The van der Waals surface area contributed by atoms with Gasteiger partial charge in [0.1, 0.15) is 0 Å². The molecule has 0 saturated heterocycles. The van der Waals surface area contributed by atoms with Crippen LogP contribution in [0.1, 0.15) is 19.8 Å². The van der Waals surface area contributed by atoms with Crippen LogP contribution >= 0.6 is 0 Å². The van der Waals surface area contributed by atoms with E-state index < -0.39 is 21.7 Å². The van der Waals surface area contributed by atoms with Gasteiger partial charge in [-0.05, 0) is 42.8 Å². The predicted octanol–water partition coefficient (Wildman–Crippen LogP) is 4.25. The van der Waals surface area contributed by atoms with Crippen LogP contribution in [0.4, 0.5) is 25.8 Å². The van der Waals surface area contributed by atoms with Gasteiger partial charge in [-0.2, -0.15) is 0 Å². The Balaban J connectivity index is 2.03. The first-order chi connectivity index (χ1) is 10.9. The van der Waals surface area contributed by atoms with Crippen molar-refractivity contribution in [2.75, 3.05) is 15.8 Å². The number of unbranched alkanes of at least 4 members (excludes halogenated alkanes) is 1. The topological polar surface area (TPSA) is 58.2 Å². The normalized spacial score (nSPS) is 11.3. The molecular weight excluding hydrogens is 322 g/mol. The molecule has 7 heteroatoms. The molecule has 2 rings (SSSR count). The summed E-state index contributed by atoms with van der Waals surface area (Å²) in [6.45, 7) is 1.92. The van der Waals surface area contributed by atoms with Crippen LogP contribution in [0.2, 0.25) is 0 Å². The molecule has 0 aliphatic carbocycles. The van der Waals surface area contributed by atoms with Crippen molar-refractivity contribution >= 4 is 27.1 Å². The second-order valence-electron chi connectivity index (χ2n) is 5.11. The lowest BCUT2D eigenvalue weighted by molar-refractivity contribution is 0.509. The number of halogens is 2. The van der Waals surface area contributed by atoms with Crippen LogP contribution in [0.5, 0.6) is 0 Å². The summed E-state index contributed by atoms with van der Waals surface area (Å²) in [6, 6.07) is 10.0. The molecule has 0 atom stereocenters. The summed E-state index contributed by atoms with van der Waals surface area (Å²) in [5.74, 6) is -1.76. The molecular formula is C16H18F2N2O2S. The van der Waals surface area contributed by atoms with Crippen LogP contribution in [0.3, 0.4) is 0 Å². The third-order valence-electron chi connectivity index (χ3n) is 3.13. The molecule has 0 aromatic heterocycles. The third kappa shape index (κ3) is 5.21. The van der Waals surface area contributed by atoms with E-state index in [0.29, 0.717) is 23.5 Å². The average molecular weight is 340 g/mol. The lowest BCUT2D eigenvalue weighted by atomic mass is 10.2. The van der Waals surface area contributed by atoms with Crippen molar-refractivity contribution in [3.05, 3.63) is 54.1 Å². The maximum atomic E-state index is 13.1. The quantitative estimate of drug-likeness (QED) is 0.792. The molecule has 0 amide bonds. The Morgan fingerprint density at radius 1 is 0.913 bits per heavy atom. The number of hydrogen-bond donors (Lipinski definition) is 2. The van der Waals surface area contributed by atoms with Crippen molar-refractivity contribution in [3.8, 4) is 0 Å². The second-order valence-corrected chi connectivity index (χ2v) is 6.95. The molecule has 0 fully saturated rings. The van der Waals surface area contributed by atoms with E-state index in [1.807, 2.05) is 6.92 Å². The molecule has 0 bridgehead atoms. The van der Waals surface area contributed by atoms with Gasteiger partial charge in [0.2, 0.25) is 10.0 Å². The van der Waals surface area contributed by atoms with Gasteiger partial charge in [0, 0.05) is 23.1 Å².